The maximum atomic E-state index is 12.0. The molecule has 0 aliphatic carbocycles. The van der Waals surface area contributed by atoms with Gasteiger partial charge in [0.1, 0.15) is 17.9 Å². The fourth-order valence-corrected chi connectivity index (χ4v) is 3.16. The summed E-state index contributed by atoms with van der Waals surface area (Å²) in [6.45, 7) is 4.02. The third kappa shape index (κ3) is 2.76. The maximum Gasteiger partial charge on any atom is 0.334 e. The number of benzene rings is 2. The van der Waals surface area contributed by atoms with Crippen molar-refractivity contribution < 1.29 is 14.3 Å². The molecule has 0 N–H and O–H groups in total. The van der Waals surface area contributed by atoms with Crippen LogP contribution in [0.25, 0.3) is 10.9 Å². The second kappa shape index (κ2) is 6.06. The Bertz CT molecular complexity index is 928. The Balaban J connectivity index is 1.68. The molecule has 1 saturated heterocycles. The Morgan fingerprint density at radius 2 is 1.88 bits per heavy atom. The Hall–Kier alpha value is -3.14. The van der Waals surface area contributed by atoms with Crippen LogP contribution in [0.5, 0.6) is 5.75 Å². The van der Waals surface area contributed by atoms with Crippen molar-refractivity contribution in [1.29, 1.82) is 0 Å². The number of fused-ring (bicyclic) bond motifs is 1. The van der Waals surface area contributed by atoms with Gasteiger partial charge in [-0.15, -0.1) is 0 Å². The predicted octanol–water partition coefficient (Wildman–Crippen LogP) is 4.01. The molecule has 1 atom stereocenters. The zero-order chi connectivity index (χ0) is 17.3. The molecule has 2 aromatic carbocycles. The number of ether oxygens (including phenoxy) is 2. The van der Waals surface area contributed by atoms with Crippen molar-refractivity contribution in [2.45, 2.75) is 12.0 Å². The van der Waals surface area contributed by atoms with Crippen LogP contribution in [0.3, 0.4) is 0 Å². The Labute approximate surface area is 145 Å². The minimum atomic E-state index is -0.855. The van der Waals surface area contributed by atoms with E-state index in [1.165, 1.54) is 0 Å². The number of rotatable bonds is 4. The zero-order valence-electron chi connectivity index (χ0n) is 13.6. The van der Waals surface area contributed by atoms with Gasteiger partial charge in [-0.2, -0.15) is 0 Å². The lowest BCUT2D eigenvalue weighted by Crippen LogP contribution is -2.33. The van der Waals surface area contributed by atoms with Crippen molar-refractivity contribution in [3.63, 3.8) is 0 Å². The smallest absolute Gasteiger partial charge is 0.334 e. The van der Waals surface area contributed by atoms with Crippen molar-refractivity contribution in [3.8, 4) is 5.75 Å². The van der Waals surface area contributed by atoms with E-state index in [0.717, 1.165) is 16.5 Å². The first-order chi connectivity index (χ1) is 12.2. The van der Waals surface area contributed by atoms with Gasteiger partial charge in [-0.25, -0.2) is 4.79 Å². The highest BCUT2D eigenvalue weighted by Crippen LogP contribution is 2.40. The first kappa shape index (κ1) is 15.4. The Morgan fingerprint density at radius 1 is 1.08 bits per heavy atom. The highest BCUT2D eigenvalue weighted by atomic mass is 16.6. The zero-order valence-corrected chi connectivity index (χ0v) is 13.6. The van der Waals surface area contributed by atoms with Gasteiger partial charge < -0.3 is 9.47 Å². The van der Waals surface area contributed by atoms with Gasteiger partial charge in [0.05, 0.1) is 0 Å². The van der Waals surface area contributed by atoms with Crippen LogP contribution in [0, 0.1) is 0 Å². The molecule has 4 rings (SSSR count). The highest BCUT2D eigenvalue weighted by molar-refractivity contribution is 5.90. The van der Waals surface area contributed by atoms with E-state index in [4.69, 9.17) is 9.47 Å². The molecule has 1 aromatic heterocycles. The van der Waals surface area contributed by atoms with E-state index in [0.29, 0.717) is 17.7 Å². The number of hydrogen-bond donors (Lipinski definition) is 0. The second-order valence-electron chi connectivity index (χ2n) is 6.15. The molecule has 1 aliphatic heterocycles. The quantitative estimate of drug-likeness (QED) is 0.535. The minimum absolute atomic E-state index is 0.206. The van der Waals surface area contributed by atoms with Gasteiger partial charge in [-0.1, -0.05) is 55.1 Å². The summed E-state index contributed by atoms with van der Waals surface area (Å²) in [5, 5.41) is 1.00. The second-order valence-corrected chi connectivity index (χ2v) is 6.15. The predicted molar refractivity (Wildman–Crippen MR) is 95.2 cm³/mol. The van der Waals surface area contributed by atoms with E-state index in [-0.39, 0.29) is 12.6 Å². The first-order valence-corrected chi connectivity index (χ1v) is 8.11. The van der Waals surface area contributed by atoms with Crippen molar-refractivity contribution in [2.75, 3.05) is 6.61 Å². The lowest BCUT2D eigenvalue weighted by Gasteiger charge is -2.28. The van der Waals surface area contributed by atoms with Gasteiger partial charge in [0.2, 0.25) is 0 Å². The molecule has 0 spiro atoms. The molecule has 2 heterocycles. The summed E-state index contributed by atoms with van der Waals surface area (Å²) < 4.78 is 11.8. The molecule has 1 unspecified atom stereocenters. The molecule has 0 radical (unpaired) electrons. The van der Waals surface area contributed by atoms with Crippen LogP contribution in [-0.4, -0.2) is 17.6 Å². The fourth-order valence-electron chi connectivity index (χ4n) is 3.16. The average molecular weight is 331 g/mol. The molecule has 3 aromatic rings. The van der Waals surface area contributed by atoms with Crippen molar-refractivity contribution in [3.05, 3.63) is 84.6 Å². The molecule has 1 aliphatic rings. The van der Waals surface area contributed by atoms with Gasteiger partial charge in [0, 0.05) is 23.6 Å². The van der Waals surface area contributed by atoms with Gasteiger partial charge in [-0.3, -0.25) is 4.98 Å². The SMILES string of the molecule is C=C1CC(COc2cccc3cccnc23)(c2ccccc2)OC1=O. The minimum Gasteiger partial charge on any atom is -0.487 e. The fraction of sp³-hybridized carbons (Fsp3) is 0.143. The number of aromatic nitrogens is 1. The summed E-state index contributed by atoms with van der Waals surface area (Å²) in [5.74, 6) is 0.297. The van der Waals surface area contributed by atoms with Crippen molar-refractivity contribution in [2.24, 2.45) is 0 Å². The van der Waals surface area contributed by atoms with E-state index >= 15 is 0 Å². The third-order valence-electron chi connectivity index (χ3n) is 4.43. The van der Waals surface area contributed by atoms with Crippen LogP contribution in [0.15, 0.2) is 79.0 Å². The molecule has 124 valence electrons. The summed E-state index contributed by atoms with van der Waals surface area (Å²) >= 11 is 0. The van der Waals surface area contributed by atoms with E-state index in [1.807, 2.05) is 60.7 Å². The van der Waals surface area contributed by atoms with Gasteiger partial charge in [0.15, 0.2) is 5.60 Å². The normalized spacial score (nSPS) is 19.8. The summed E-state index contributed by atoms with van der Waals surface area (Å²) in [6.07, 6.45) is 2.15. The largest absolute Gasteiger partial charge is 0.487 e. The molecule has 4 nitrogen and oxygen atoms in total. The van der Waals surface area contributed by atoms with Crippen molar-refractivity contribution in [1.82, 2.24) is 4.98 Å². The summed E-state index contributed by atoms with van der Waals surface area (Å²) in [7, 11) is 0. The Morgan fingerprint density at radius 3 is 2.64 bits per heavy atom. The monoisotopic (exact) mass is 331 g/mol. The number of cyclic esters (lactones) is 1. The van der Waals surface area contributed by atoms with E-state index in [9.17, 15) is 4.79 Å². The van der Waals surface area contributed by atoms with Crippen LogP contribution < -0.4 is 4.74 Å². The third-order valence-corrected chi connectivity index (χ3v) is 4.43. The average Bonchev–Trinajstić information content (AvgIpc) is 2.96. The van der Waals surface area contributed by atoms with E-state index in [1.54, 1.807) is 6.20 Å². The number of nitrogens with zero attached hydrogens (tertiary/aromatic N) is 1. The molecule has 0 bridgehead atoms. The van der Waals surface area contributed by atoms with Crippen LogP contribution in [0.4, 0.5) is 0 Å². The number of esters is 1. The standard InChI is InChI=1S/C21H17NO3/c1-15-13-21(25-20(15)23,17-9-3-2-4-10-17)14-24-18-11-5-7-16-8-6-12-22-19(16)18/h2-12H,1,13-14H2. The summed E-state index contributed by atoms with van der Waals surface area (Å²) in [6, 6.07) is 19.3. The van der Waals surface area contributed by atoms with Gasteiger partial charge in [-0.05, 0) is 17.7 Å². The number of carbonyl (C=O) groups is 1. The number of hydrogen-bond acceptors (Lipinski definition) is 4. The van der Waals surface area contributed by atoms with E-state index in [2.05, 4.69) is 11.6 Å². The van der Waals surface area contributed by atoms with Gasteiger partial charge in [0.25, 0.3) is 0 Å². The van der Waals surface area contributed by atoms with Gasteiger partial charge >= 0.3 is 5.97 Å². The molecular weight excluding hydrogens is 314 g/mol. The topological polar surface area (TPSA) is 48.4 Å². The summed E-state index contributed by atoms with van der Waals surface area (Å²) in [4.78, 5) is 16.4. The lowest BCUT2D eigenvalue weighted by atomic mass is 9.90. The molecular formula is C21H17NO3. The molecule has 4 heteroatoms. The summed E-state index contributed by atoms with van der Waals surface area (Å²) in [5.41, 5.74) is 1.29. The first-order valence-electron chi connectivity index (χ1n) is 8.11. The lowest BCUT2D eigenvalue weighted by molar-refractivity contribution is -0.150. The maximum absolute atomic E-state index is 12.0. The molecule has 1 fully saturated rings. The number of pyridine rings is 1. The van der Waals surface area contributed by atoms with Crippen LogP contribution in [0.2, 0.25) is 0 Å². The van der Waals surface area contributed by atoms with Crippen LogP contribution in [0.1, 0.15) is 12.0 Å². The van der Waals surface area contributed by atoms with Crippen LogP contribution >= 0.6 is 0 Å². The molecule has 0 amide bonds. The number of para-hydroxylation sites is 1. The van der Waals surface area contributed by atoms with Crippen LogP contribution in [-0.2, 0) is 15.1 Å². The Kier molecular flexibility index (Phi) is 3.73. The van der Waals surface area contributed by atoms with E-state index < -0.39 is 5.60 Å². The molecule has 25 heavy (non-hydrogen) atoms. The number of carbonyl (C=O) groups excluding carboxylic acids is 1. The molecule has 0 saturated carbocycles. The highest BCUT2D eigenvalue weighted by Gasteiger charge is 2.45. The van der Waals surface area contributed by atoms with Crippen molar-refractivity contribution >= 4 is 16.9 Å².